The molecule has 204 valence electrons. The van der Waals surface area contributed by atoms with Gasteiger partial charge in [0.25, 0.3) is 0 Å². The Morgan fingerprint density at radius 1 is 1.10 bits per heavy atom. The van der Waals surface area contributed by atoms with Crippen LogP contribution in [0, 0.1) is 0 Å². The first-order valence-electron chi connectivity index (χ1n) is 13.3. The number of H-pyrrole nitrogens is 1. The average molecular weight is 539 g/mol. The fraction of sp³-hybridized carbons (Fsp3) is 0.310. The van der Waals surface area contributed by atoms with Crippen LogP contribution in [-0.2, 0) is 9.47 Å². The van der Waals surface area contributed by atoms with Gasteiger partial charge in [-0.25, -0.2) is 4.98 Å². The molecule has 1 aliphatic carbocycles. The van der Waals surface area contributed by atoms with E-state index >= 15 is 0 Å². The minimum atomic E-state index is -0.988. The van der Waals surface area contributed by atoms with Gasteiger partial charge in [-0.05, 0) is 31.7 Å². The lowest BCUT2D eigenvalue weighted by molar-refractivity contribution is -0.0635. The van der Waals surface area contributed by atoms with Crippen molar-refractivity contribution in [2.75, 3.05) is 26.1 Å². The van der Waals surface area contributed by atoms with Gasteiger partial charge in [0.1, 0.15) is 17.7 Å². The Balaban J connectivity index is 1.26. The maximum absolute atomic E-state index is 13.4. The molecule has 1 fully saturated rings. The summed E-state index contributed by atoms with van der Waals surface area (Å²) in [6.45, 7) is 0.712. The number of nitrogens with zero attached hydrogens (tertiary/aromatic N) is 6. The van der Waals surface area contributed by atoms with E-state index in [0.29, 0.717) is 50.4 Å². The first-order valence-corrected chi connectivity index (χ1v) is 13.3. The van der Waals surface area contributed by atoms with Crippen LogP contribution in [0.1, 0.15) is 47.9 Å². The predicted molar refractivity (Wildman–Crippen MR) is 149 cm³/mol. The van der Waals surface area contributed by atoms with Crippen molar-refractivity contribution in [1.29, 1.82) is 0 Å². The third-order valence-corrected chi connectivity index (χ3v) is 7.59. The third-order valence-electron chi connectivity index (χ3n) is 7.59. The van der Waals surface area contributed by atoms with Gasteiger partial charge in [0.15, 0.2) is 11.5 Å². The molecule has 0 bridgehead atoms. The first kappa shape index (κ1) is 25.8. The topological polar surface area (TPSA) is 146 Å². The second-order valence-corrected chi connectivity index (χ2v) is 9.97. The normalized spacial score (nSPS) is 19.2. The number of Topliss-reactive ketones (excluding diaryl/α,β-unsaturated/α-hetero) is 1. The highest BCUT2D eigenvalue weighted by atomic mass is 16.5. The van der Waals surface area contributed by atoms with E-state index in [1.807, 2.05) is 54.7 Å². The van der Waals surface area contributed by atoms with E-state index in [0.717, 1.165) is 28.1 Å². The lowest BCUT2D eigenvalue weighted by Gasteiger charge is -2.38. The van der Waals surface area contributed by atoms with Crippen molar-refractivity contribution in [3.8, 4) is 22.4 Å². The average Bonchev–Trinajstić information content (AvgIpc) is 3.69. The third kappa shape index (κ3) is 4.85. The van der Waals surface area contributed by atoms with Gasteiger partial charge in [-0.1, -0.05) is 36.4 Å². The second kappa shape index (κ2) is 10.9. The summed E-state index contributed by atoms with van der Waals surface area (Å²) in [7, 11) is 1.61. The van der Waals surface area contributed by atoms with Crippen molar-refractivity contribution in [3.63, 3.8) is 0 Å². The number of benzene rings is 1. The van der Waals surface area contributed by atoms with Crippen LogP contribution < -0.4 is 5.73 Å². The molecule has 0 aliphatic heterocycles. The number of methoxy groups -OCH3 is 1. The zero-order valence-electron chi connectivity index (χ0n) is 22.2. The molecular weight excluding hydrogens is 508 g/mol. The lowest BCUT2D eigenvalue weighted by Crippen LogP contribution is -2.46. The second-order valence-electron chi connectivity index (χ2n) is 9.97. The number of hydrogen-bond acceptors (Lipinski definition) is 9. The summed E-state index contributed by atoms with van der Waals surface area (Å²) in [5, 5.41) is 12.2. The summed E-state index contributed by atoms with van der Waals surface area (Å²) in [6, 6.07) is 15.9. The van der Waals surface area contributed by atoms with Gasteiger partial charge in [0.05, 0.1) is 25.1 Å². The highest BCUT2D eigenvalue weighted by Crippen LogP contribution is 2.41. The predicted octanol–water partition coefficient (Wildman–Crippen LogP) is 4.10. The zero-order chi connectivity index (χ0) is 27.5. The number of aromatic nitrogens is 7. The molecule has 0 unspecified atom stereocenters. The number of ketones is 1. The number of rotatable bonds is 9. The Labute approximate surface area is 230 Å². The van der Waals surface area contributed by atoms with Gasteiger partial charge < -0.3 is 20.2 Å². The number of anilines is 1. The van der Waals surface area contributed by atoms with Crippen molar-refractivity contribution >= 4 is 17.2 Å². The number of carbonyl (C=O) groups is 1. The monoisotopic (exact) mass is 538 g/mol. The summed E-state index contributed by atoms with van der Waals surface area (Å²) >= 11 is 0. The molecule has 1 aromatic carbocycles. The Hall–Kier alpha value is -4.48. The number of pyridine rings is 1. The van der Waals surface area contributed by atoms with Gasteiger partial charge in [-0.3, -0.25) is 9.78 Å². The maximum atomic E-state index is 13.4. The number of hydrogen-bond donors (Lipinski definition) is 2. The van der Waals surface area contributed by atoms with Gasteiger partial charge in [0.2, 0.25) is 5.78 Å². The Bertz CT molecular complexity index is 1590. The van der Waals surface area contributed by atoms with E-state index in [4.69, 9.17) is 20.2 Å². The van der Waals surface area contributed by atoms with Crippen molar-refractivity contribution in [3.05, 3.63) is 78.8 Å². The molecule has 3 N–H and O–H groups in total. The van der Waals surface area contributed by atoms with Crippen LogP contribution in [0.15, 0.2) is 67.3 Å². The van der Waals surface area contributed by atoms with Gasteiger partial charge >= 0.3 is 0 Å². The fourth-order valence-electron chi connectivity index (χ4n) is 5.42. The number of aromatic amines is 1. The molecule has 4 aromatic heterocycles. The fourth-order valence-corrected chi connectivity index (χ4v) is 5.42. The molecule has 6 rings (SSSR count). The summed E-state index contributed by atoms with van der Waals surface area (Å²) in [4.78, 5) is 25.9. The molecule has 1 saturated carbocycles. The zero-order valence-corrected chi connectivity index (χ0v) is 22.2. The number of nitrogen functional groups attached to an aromatic ring is 1. The summed E-state index contributed by atoms with van der Waals surface area (Å²) in [6.07, 6.45) is 7.45. The molecule has 11 heteroatoms. The van der Waals surface area contributed by atoms with Gasteiger partial charge in [-0.2, -0.15) is 9.61 Å². The number of ether oxygens (including phenoxy) is 2. The van der Waals surface area contributed by atoms with E-state index in [-0.39, 0.29) is 17.5 Å². The standard InChI is InChI=1S/C29H30N8O3/c1-39-13-14-40-29(26(38)27-32-18-33-36-27)11-9-20(10-12-29)24-15-25(30)37-28(35-24)22(17-34-37)21-7-8-23(31-16-21)19-5-3-2-4-6-19/h2-8,15-18,20H,9-14,30H2,1H3,(H,32,33,36)/t20-,29-. The Morgan fingerprint density at radius 2 is 1.93 bits per heavy atom. The number of fused-ring (bicyclic) bond motifs is 1. The molecule has 4 heterocycles. The quantitative estimate of drug-likeness (QED) is 0.209. The van der Waals surface area contributed by atoms with Gasteiger partial charge in [-0.15, -0.1) is 10.2 Å². The van der Waals surface area contributed by atoms with Crippen LogP contribution >= 0.6 is 0 Å². The molecular formula is C29H30N8O3. The van der Waals surface area contributed by atoms with E-state index in [9.17, 15) is 4.79 Å². The van der Waals surface area contributed by atoms with Crippen molar-refractivity contribution in [2.45, 2.75) is 37.2 Å². The van der Waals surface area contributed by atoms with Crippen LogP contribution in [-0.4, -0.2) is 66.5 Å². The SMILES string of the molecule is COCCO[C@]1(C(=O)c2nnc[nH]2)CC[C@@H](c2cc(N)n3ncc(-c4ccc(-c5ccccc5)nc4)c3n2)CC1. The molecule has 5 aromatic rings. The van der Waals surface area contributed by atoms with Gasteiger partial charge in [0, 0.05) is 47.7 Å². The smallest absolute Gasteiger partial charge is 0.231 e. The van der Waals surface area contributed by atoms with E-state index in [1.165, 1.54) is 6.33 Å². The Morgan fingerprint density at radius 3 is 2.62 bits per heavy atom. The molecule has 1 aliphatic rings. The van der Waals surface area contributed by atoms with Crippen LogP contribution in [0.4, 0.5) is 5.82 Å². The van der Waals surface area contributed by atoms with E-state index in [1.54, 1.807) is 17.8 Å². The van der Waals surface area contributed by atoms with Crippen LogP contribution in [0.3, 0.4) is 0 Å². The van der Waals surface area contributed by atoms with Crippen LogP contribution in [0.25, 0.3) is 28.0 Å². The summed E-state index contributed by atoms with van der Waals surface area (Å²) < 4.78 is 13.0. The van der Waals surface area contributed by atoms with Crippen LogP contribution in [0.5, 0.6) is 0 Å². The molecule has 0 atom stereocenters. The van der Waals surface area contributed by atoms with Crippen LogP contribution in [0.2, 0.25) is 0 Å². The highest BCUT2D eigenvalue weighted by molar-refractivity contribution is 5.99. The molecule has 0 spiro atoms. The van der Waals surface area contributed by atoms with E-state index in [2.05, 4.69) is 25.3 Å². The molecule has 0 amide bonds. The van der Waals surface area contributed by atoms with Crippen molar-refractivity contribution in [2.24, 2.45) is 0 Å². The summed E-state index contributed by atoms with van der Waals surface area (Å²) in [5.41, 5.74) is 10.7. The highest BCUT2D eigenvalue weighted by Gasteiger charge is 2.45. The van der Waals surface area contributed by atoms with Crippen molar-refractivity contribution in [1.82, 2.24) is 34.8 Å². The minimum absolute atomic E-state index is 0.107. The lowest BCUT2D eigenvalue weighted by atomic mass is 9.75. The maximum Gasteiger partial charge on any atom is 0.231 e. The number of nitrogens with two attached hydrogens (primary N) is 1. The minimum Gasteiger partial charge on any atom is -0.384 e. The number of nitrogens with one attached hydrogen (secondary N) is 1. The Kier molecular flexibility index (Phi) is 7.06. The molecule has 40 heavy (non-hydrogen) atoms. The number of carbonyl (C=O) groups excluding carboxylic acids is 1. The molecule has 0 saturated heterocycles. The molecule has 0 radical (unpaired) electrons. The summed E-state index contributed by atoms with van der Waals surface area (Å²) in [5.74, 6) is 0.629. The molecule has 11 nitrogen and oxygen atoms in total. The first-order chi connectivity index (χ1) is 19.6. The van der Waals surface area contributed by atoms with E-state index < -0.39 is 5.60 Å². The largest absolute Gasteiger partial charge is 0.384 e. The van der Waals surface area contributed by atoms with Crippen molar-refractivity contribution < 1.29 is 14.3 Å².